The van der Waals surface area contributed by atoms with E-state index in [4.69, 9.17) is 9.47 Å². The van der Waals surface area contributed by atoms with E-state index in [0.717, 1.165) is 26.6 Å². The molecule has 3 rings (SSSR count). The predicted molar refractivity (Wildman–Crippen MR) is 98.0 cm³/mol. The Balaban J connectivity index is 2.11. The topological polar surface area (TPSA) is 80.8 Å². The van der Waals surface area contributed by atoms with Gasteiger partial charge < -0.3 is 14.5 Å². The molecule has 1 aromatic heterocycles. The Morgan fingerprint density at radius 1 is 1.24 bits per heavy atom. The number of aromatic amines is 1. The standard InChI is InChI=1S/C18H19BrN2O4/c1-3-24-17(22)13-9-20-15(18(23)25-4-2)8-12-11-6-5-10(19)7-14(11)21-16(12)13/h5-7,9,13,15,21H,3-4,8H2,1-2H3. The minimum Gasteiger partial charge on any atom is -0.465 e. The van der Waals surface area contributed by atoms with Crippen molar-refractivity contribution < 1.29 is 19.1 Å². The van der Waals surface area contributed by atoms with E-state index < -0.39 is 12.0 Å². The second-order valence-electron chi connectivity index (χ2n) is 5.71. The van der Waals surface area contributed by atoms with Crippen molar-refractivity contribution in [1.29, 1.82) is 0 Å². The van der Waals surface area contributed by atoms with Crippen molar-refractivity contribution in [2.24, 2.45) is 4.99 Å². The van der Waals surface area contributed by atoms with Gasteiger partial charge in [0.1, 0.15) is 5.92 Å². The quantitative estimate of drug-likeness (QED) is 0.790. The van der Waals surface area contributed by atoms with E-state index in [1.54, 1.807) is 13.8 Å². The molecular formula is C18H19BrN2O4. The molecule has 0 bridgehead atoms. The summed E-state index contributed by atoms with van der Waals surface area (Å²) in [5, 5.41) is 0.965. The van der Waals surface area contributed by atoms with E-state index in [1.165, 1.54) is 6.21 Å². The summed E-state index contributed by atoms with van der Waals surface area (Å²) in [4.78, 5) is 32.2. The molecule has 2 unspecified atom stereocenters. The van der Waals surface area contributed by atoms with E-state index >= 15 is 0 Å². The number of nitrogens with one attached hydrogen (secondary N) is 1. The minimum absolute atomic E-state index is 0.283. The maximum atomic E-state index is 12.4. The van der Waals surface area contributed by atoms with Crippen LogP contribution in [0.3, 0.4) is 0 Å². The highest BCUT2D eigenvalue weighted by molar-refractivity contribution is 9.10. The van der Waals surface area contributed by atoms with E-state index in [-0.39, 0.29) is 18.5 Å². The van der Waals surface area contributed by atoms with E-state index in [0.29, 0.717) is 13.0 Å². The van der Waals surface area contributed by atoms with Crippen LogP contribution in [-0.4, -0.2) is 42.4 Å². The Morgan fingerprint density at radius 3 is 2.68 bits per heavy atom. The van der Waals surface area contributed by atoms with Crippen LogP contribution in [0.25, 0.3) is 10.9 Å². The number of rotatable bonds is 4. The average molecular weight is 407 g/mol. The van der Waals surface area contributed by atoms with Crippen molar-refractivity contribution in [3.63, 3.8) is 0 Å². The molecule has 7 heteroatoms. The molecule has 1 N–H and O–H groups in total. The normalized spacial score (nSPS) is 19.3. The van der Waals surface area contributed by atoms with Crippen LogP contribution in [-0.2, 0) is 25.5 Å². The summed E-state index contributed by atoms with van der Waals surface area (Å²) >= 11 is 3.45. The summed E-state index contributed by atoms with van der Waals surface area (Å²) in [6, 6.07) is 5.18. The number of nitrogens with zero attached hydrogens (tertiary/aromatic N) is 1. The summed E-state index contributed by atoms with van der Waals surface area (Å²) < 4.78 is 11.2. The fourth-order valence-electron chi connectivity index (χ4n) is 3.04. The van der Waals surface area contributed by atoms with Crippen LogP contribution in [0.2, 0.25) is 0 Å². The molecule has 0 fully saturated rings. The molecule has 1 aromatic carbocycles. The molecule has 2 atom stereocenters. The monoisotopic (exact) mass is 406 g/mol. The Labute approximate surface area is 153 Å². The van der Waals surface area contributed by atoms with Crippen molar-refractivity contribution in [3.8, 4) is 0 Å². The Hall–Kier alpha value is -2.15. The van der Waals surface area contributed by atoms with Crippen LogP contribution >= 0.6 is 15.9 Å². The van der Waals surface area contributed by atoms with E-state index in [1.807, 2.05) is 18.2 Å². The third kappa shape index (κ3) is 3.46. The second kappa shape index (κ2) is 7.39. The van der Waals surface area contributed by atoms with Crippen LogP contribution in [0.5, 0.6) is 0 Å². The largest absolute Gasteiger partial charge is 0.465 e. The highest BCUT2D eigenvalue weighted by atomic mass is 79.9. The zero-order chi connectivity index (χ0) is 18.0. The lowest BCUT2D eigenvalue weighted by Crippen LogP contribution is -2.23. The van der Waals surface area contributed by atoms with Gasteiger partial charge in [0.05, 0.1) is 13.2 Å². The number of benzene rings is 1. The first-order valence-electron chi connectivity index (χ1n) is 8.21. The van der Waals surface area contributed by atoms with Crippen molar-refractivity contribution in [3.05, 3.63) is 33.9 Å². The SMILES string of the molecule is CCOC(=O)C1Cc2c([nH]c3cc(Br)ccc23)C(C(=O)OCC)C=N1. The Morgan fingerprint density at radius 2 is 1.96 bits per heavy atom. The molecule has 0 saturated heterocycles. The van der Waals surface area contributed by atoms with Crippen molar-refractivity contribution in [1.82, 2.24) is 4.98 Å². The summed E-state index contributed by atoms with van der Waals surface area (Å²) in [7, 11) is 0. The minimum atomic E-state index is -0.666. The molecule has 1 aliphatic rings. The number of H-pyrrole nitrogens is 1. The van der Waals surface area contributed by atoms with Gasteiger partial charge in [-0.25, -0.2) is 4.79 Å². The van der Waals surface area contributed by atoms with Crippen LogP contribution in [0.4, 0.5) is 0 Å². The maximum absolute atomic E-state index is 12.4. The van der Waals surface area contributed by atoms with Gasteiger partial charge in [-0.05, 0) is 31.5 Å². The maximum Gasteiger partial charge on any atom is 0.331 e. The lowest BCUT2D eigenvalue weighted by Gasteiger charge is -2.10. The predicted octanol–water partition coefficient (Wildman–Crippen LogP) is 3.14. The van der Waals surface area contributed by atoms with E-state index in [9.17, 15) is 9.59 Å². The Kier molecular flexibility index (Phi) is 5.22. The summed E-state index contributed by atoms with van der Waals surface area (Å²) in [6.07, 6.45) is 1.87. The van der Waals surface area contributed by atoms with Crippen LogP contribution in [0.15, 0.2) is 27.7 Å². The van der Waals surface area contributed by atoms with Gasteiger partial charge in [-0.1, -0.05) is 22.0 Å². The first-order valence-corrected chi connectivity index (χ1v) is 9.01. The van der Waals surface area contributed by atoms with Gasteiger partial charge in [0, 0.05) is 33.7 Å². The molecular weight excluding hydrogens is 388 g/mol. The summed E-state index contributed by atoms with van der Waals surface area (Å²) in [5.41, 5.74) is 2.52. The highest BCUT2D eigenvalue weighted by Gasteiger charge is 2.32. The Bertz CT molecular complexity index is 843. The lowest BCUT2D eigenvalue weighted by atomic mass is 9.98. The number of carbonyl (C=O) groups is 2. The third-order valence-corrected chi connectivity index (χ3v) is 4.62. The second-order valence-corrected chi connectivity index (χ2v) is 6.62. The van der Waals surface area contributed by atoms with Gasteiger partial charge >= 0.3 is 11.9 Å². The van der Waals surface area contributed by atoms with Crippen LogP contribution in [0.1, 0.15) is 31.0 Å². The van der Waals surface area contributed by atoms with Gasteiger partial charge in [0.15, 0.2) is 6.04 Å². The zero-order valence-corrected chi connectivity index (χ0v) is 15.6. The van der Waals surface area contributed by atoms with Gasteiger partial charge in [-0.2, -0.15) is 0 Å². The molecule has 132 valence electrons. The fourth-order valence-corrected chi connectivity index (χ4v) is 3.40. The number of fused-ring (bicyclic) bond motifs is 3. The molecule has 1 aliphatic heterocycles. The number of carbonyl (C=O) groups excluding carboxylic acids is 2. The van der Waals surface area contributed by atoms with Crippen molar-refractivity contribution in [2.45, 2.75) is 32.2 Å². The number of hydrogen-bond donors (Lipinski definition) is 1. The van der Waals surface area contributed by atoms with Crippen molar-refractivity contribution in [2.75, 3.05) is 13.2 Å². The first-order chi connectivity index (χ1) is 12.0. The third-order valence-electron chi connectivity index (χ3n) is 4.12. The number of aliphatic imine (C=N–C) groups is 1. The highest BCUT2D eigenvalue weighted by Crippen LogP contribution is 2.33. The van der Waals surface area contributed by atoms with Gasteiger partial charge in [0.2, 0.25) is 0 Å². The lowest BCUT2D eigenvalue weighted by molar-refractivity contribution is -0.145. The average Bonchev–Trinajstić information content (AvgIpc) is 2.80. The van der Waals surface area contributed by atoms with Gasteiger partial charge in [-0.15, -0.1) is 0 Å². The number of hydrogen-bond acceptors (Lipinski definition) is 5. The molecule has 0 spiro atoms. The molecule has 25 heavy (non-hydrogen) atoms. The molecule has 0 saturated carbocycles. The smallest absolute Gasteiger partial charge is 0.331 e. The van der Waals surface area contributed by atoms with Crippen LogP contribution in [0, 0.1) is 0 Å². The van der Waals surface area contributed by atoms with Crippen molar-refractivity contribution >= 4 is 45.0 Å². The van der Waals surface area contributed by atoms with Crippen LogP contribution < -0.4 is 0 Å². The number of esters is 2. The zero-order valence-electron chi connectivity index (χ0n) is 14.0. The molecule has 2 aromatic rings. The molecule has 6 nitrogen and oxygen atoms in total. The number of halogens is 1. The summed E-state index contributed by atoms with van der Waals surface area (Å²) in [6.45, 7) is 4.09. The first kappa shape index (κ1) is 17.7. The molecule has 0 aliphatic carbocycles. The fraction of sp³-hybridized carbons (Fsp3) is 0.389. The molecule has 0 amide bonds. The van der Waals surface area contributed by atoms with Gasteiger partial charge in [-0.3, -0.25) is 9.79 Å². The number of ether oxygens (including phenoxy) is 2. The van der Waals surface area contributed by atoms with Gasteiger partial charge in [0.25, 0.3) is 0 Å². The number of aromatic nitrogens is 1. The van der Waals surface area contributed by atoms with E-state index in [2.05, 4.69) is 25.9 Å². The summed E-state index contributed by atoms with van der Waals surface area (Å²) in [5.74, 6) is -1.44. The molecule has 0 radical (unpaired) electrons. The molecule has 2 heterocycles.